The van der Waals surface area contributed by atoms with E-state index in [-0.39, 0.29) is 11.2 Å². The Morgan fingerprint density at radius 1 is 1.04 bits per heavy atom. The molecular formula is C20H22FN3O. The van der Waals surface area contributed by atoms with Gasteiger partial charge in [-0.05, 0) is 35.6 Å². The number of rotatable bonds is 4. The lowest BCUT2D eigenvalue weighted by atomic mass is 9.91. The van der Waals surface area contributed by atoms with Crippen molar-refractivity contribution in [2.24, 2.45) is 5.41 Å². The first-order chi connectivity index (χ1) is 11.9. The minimum absolute atomic E-state index is 0.146. The Balaban J connectivity index is 1.87. The van der Waals surface area contributed by atoms with Crippen LogP contribution in [0.15, 0.2) is 42.7 Å². The highest BCUT2D eigenvalue weighted by molar-refractivity contribution is 5.68. The minimum Gasteiger partial charge on any atom is -0.481 e. The average Bonchev–Trinajstić information content (AvgIpc) is 3.01. The Bertz CT molecular complexity index is 863. The lowest BCUT2D eigenvalue weighted by molar-refractivity contribution is 0.398. The topological polar surface area (TPSA) is 50.8 Å². The van der Waals surface area contributed by atoms with Crippen molar-refractivity contribution in [3.8, 4) is 28.4 Å². The second-order valence-corrected chi connectivity index (χ2v) is 7.28. The zero-order valence-corrected chi connectivity index (χ0v) is 14.9. The molecule has 25 heavy (non-hydrogen) atoms. The predicted octanol–water partition coefficient (Wildman–Crippen LogP) is 4.88. The molecule has 5 heteroatoms. The number of ether oxygens (including phenoxy) is 1. The maximum Gasteiger partial charge on any atom is 0.212 e. The van der Waals surface area contributed by atoms with Gasteiger partial charge in [-0.25, -0.2) is 14.4 Å². The summed E-state index contributed by atoms with van der Waals surface area (Å²) in [6, 6.07) is 8.73. The summed E-state index contributed by atoms with van der Waals surface area (Å²) in [5.74, 6) is 0.768. The summed E-state index contributed by atoms with van der Waals surface area (Å²) in [7, 11) is 1.56. The zero-order chi connectivity index (χ0) is 18.0. The van der Waals surface area contributed by atoms with E-state index in [9.17, 15) is 4.39 Å². The van der Waals surface area contributed by atoms with Crippen LogP contribution in [0, 0.1) is 11.2 Å². The zero-order valence-electron chi connectivity index (χ0n) is 14.9. The summed E-state index contributed by atoms with van der Waals surface area (Å²) in [4.78, 5) is 11.7. The van der Waals surface area contributed by atoms with E-state index in [1.165, 1.54) is 6.07 Å². The van der Waals surface area contributed by atoms with Crippen LogP contribution < -0.4 is 4.74 Å². The molecule has 0 spiro atoms. The fraction of sp³-hybridized carbons (Fsp3) is 0.300. The third kappa shape index (κ3) is 4.05. The summed E-state index contributed by atoms with van der Waals surface area (Å²) < 4.78 is 19.7. The van der Waals surface area contributed by atoms with Gasteiger partial charge in [0.15, 0.2) is 0 Å². The Morgan fingerprint density at radius 2 is 1.80 bits per heavy atom. The van der Waals surface area contributed by atoms with Crippen molar-refractivity contribution in [2.45, 2.75) is 27.2 Å². The number of nitrogens with one attached hydrogen (secondary N) is 1. The van der Waals surface area contributed by atoms with Gasteiger partial charge in [0.2, 0.25) is 5.88 Å². The molecule has 0 amide bonds. The summed E-state index contributed by atoms with van der Waals surface area (Å²) in [5.41, 5.74) is 3.21. The predicted molar refractivity (Wildman–Crippen MR) is 96.9 cm³/mol. The summed E-state index contributed by atoms with van der Waals surface area (Å²) in [5, 5.41) is 0. The Kier molecular flexibility index (Phi) is 4.57. The number of imidazole rings is 1. The largest absolute Gasteiger partial charge is 0.481 e. The minimum atomic E-state index is -0.315. The molecule has 0 saturated heterocycles. The molecule has 1 N–H and O–H groups in total. The molecule has 2 heterocycles. The van der Waals surface area contributed by atoms with Gasteiger partial charge in [-0.3, -0.25) is 0 Å². The number of aromatic nitrogens is 3. The first-order valence-electron chi connectivity index (χ1n) is 8.20. The molecule has 0 fully saturated rings. The van der Waals surface area contributed by atoms with Crippen LogP contribution >= 0.6 is 0 Å². The molecular weight excluding hydrogens is 317 g/mol. The van der Waals surface area contributed by atoms with E-state index in [1.807, 2.05) is 12.1 Å². The van der Waals surface area contributed by atoms with Gasteiger partial charge in [-0.15, -0.1) is 0 Å². The third-order valence-electron chi connectivity index (χ3n) is 3.85. The number of hydrogen-bond donors (Lipinski definition) is 1. The van der Waals surface area contributed by atoms with Crippen molar-refractivity contribution >= 4 is 0 Å². The van der Waals surface area contributed by atoms with Crippen LogP contribution in [-0.4, -0.2) is 22.1 Å². The quantitative estimate of drug-likeness (QED) is 0.737. The number of methoxy groups -OCH3 is 1. The highest BCUT2D eigenvalue weighted by Crippen LogP contribution is 2.28. The molecule has 3 aromatic rings. The van der Waals surface area contributed by atoms with Gasteiger partial charge < -0.3 is 9.72 Å². The molecule has 0 unspecified atom stereocenters. The summed E-state index contributed by atoms with van der Waals surface area (Å²) >= 11 is 0. The third-order valence-corrected chi connectivity index (χ3v) is 3.85. The van der Waals surface area contributed by atoms with Crippen LogP contribution in [-0.2, 0) is 6.42 Å². The van der Waals surface area contributed by atoms with Crippen molar-refractivity contribution in [1.29, 1.82) is 0 Å². The Labute approximate surface area is 147 Å². The Hall–Kier alpha value is -2.69. The van der Waals surface area contributed by atoms with Crippen molar-refractivity contribution in [1.82, 2.24) is 15.0 Å². The van der Waals surface area contributed by atoms with E-state index < -0.39 is 0 Å². The smallest absolute Gasteiger partial charge is 0.212 e. The van der Waals surface area contributed by atoms with Gasteiger partial charge in [0.1, 0.15) is 11.6 Å². The lowest BCUT2D eigenvalue weighted by Gasteiger charge is -2.16. The van der Waals surface area contributed by atoms with Gasteiger partial charge in [0, 0.05) is 29.7 Å². The standard InChI is InChI=1S/C20H22FN3O/c1-20(2,3)10-15-12-23-19(24-15)16-7-5-13(9-17(16)21)14-6-8-18(25-4)22-11-14/h5-9,11-12H,10H2,1-4H3,(H,23,24). The average molecular weight is 339 g/mol. The molecule has 0 saturated carbocycles. The molecule has 1 aromatic carbocycles. The van der Waals surface area contributed by atoms with Gasteiger partial charge in [-0.1, -0.05) is 26.8 Å². The molecule has 3 rings (SSSR count). The van der Waals surface area contributed by atoms with Crippen LogP contribution in [0.3, 0.4) is 0 Å². The lowest BCUT2D eigenvalue weighted by Crippen LogP contribution is -2.09. The van der Waals surface area contributed by atoms with E-state index in [4.69, 9.17) is 4.74 Å². The van der Waals surface area contributed by atoms with E-state index in [0.29, 0.717) is 17.3 Å². The van der Waals surface area contributed by atoms with Crippen LogP contribution in [0.2, 0.25) is 0 Å². The first kappa shape index (κ1) is 17.1. The number of H-pyrrole nitrogens is 1. The normalized spacial score (nSPS) is 11.6. The maximum absolute atomic E-state index is 14.6. The highest BCUT2D eigenvalue weighted by Gasteiger charge is 2.15. The van der Waals surface area contributed by atoms with Crippen LogP contribution in [0.4, 0.5) is 4.39 Å². The number of halogens is 1. The second kappa shape index (κ2) is 6.67. The molecule has 4 nitrogen and oxygen atoms in total. The van der Waals surface area contributed by atoms with E-state index >= 15 is 0 Å². The van der Waals surface area contributed by atoms with Crippen molar-refractivity contribution in [3.05, 3.63) is 54.2 Å². The van der Waals surface area contributed by atoms with E-state index in [2.05, 4.69) is 35.7 Å². The van der Waals surface area contributed by atoms with Gasteiger partial charge in [-0.2, -0.15) is 0 Å². The van der Waals surface area contributed by atoms with Crippen LogP contribution in [0.1, 0.15) is 26.5 Å². The molecule has 0 aliphatic heterocycles. The molecule has 0 aliphatic rings. The fourth-order valence-corrected chi connectivity index (χ4v) is 2.72. The molecule has 0 atom stereocenters. The molecule has 130 valence electrons. The number of aromatic amines is 1. The van der Waals surface area contributed by atoms with Gasteiger partial charge in [0.05, 0.1) is 12.7 Å². The van der Waals surface area contributed by atoms with Crippen molar-refractivity contribution in [3.63, 3.8) is 0 Å². The summed E-state index contributed by atoms with van der Waals surface area (Å²) in [6.07, 6.45) is 4.31. The van der Waals surface area contributed by atoms with Crippen molar-refractivity contribution < 1.29 is 9.13 Å². The highest BCUT2D eigenvalue weighted by atomic mass is 19.1. The monoisotopic (exact) mass is 339 g/mol. The Morgan fingerprint density at radius 3 is 2.40 bits per heavy atom. The fourth-order valence-electron chi connectivity index (χ4n) is 2.72. The number of nitrogens with zero attached hydrogens (tertiary/aromatic N) is 2. The van der Waals surface area contributed by atoms with Crippen molar-refractivity contribution in [2.75, 3.05) is 7.11 Å². The maximum atomic E-state index is 14.6. The van der Waals surface area contributed by atoms with Crippen LogP contribution in [0.5, 0.6) is 5.88 Å². The second-order valence-electron chi connectivity index (χ2n) is 7.28. The molecule has 2 aromatic heterocycles. The number of pyridine rings is 1. The number of benzene rings is 1. The van der Waals surface area contributed by atoms with Gasteiger partial charge in [0.25, 0.3) is 0 Å². The molecule has 0 aliphatic carbocycles. The number of hydrogen-bond acceptors (Lipinski definition) is 3. The SMILES string of the molecule is COc1ccc(-c2ccc(-c3ncc(CC(C)(C)C)[nH]3)c(F)c2)cn1. The summed E-state index contributed by atoms with van der Waals surface area (Å²) in [6.45, 7) is 6.48. The van der Waals surface area contributed by atoms with Gasteiger partial charge >= 0.3 is 0 Å². The van der Waals surface area contributed by atoms with E-state index in [0.717, 1.165) is 23.2 Å². The van der Waals surface area contributed by atoms with Crippen LogP contribution in [0.25, 0.3) is 22.5 Å². The first-order valence-corrected chi connectivity index (χ1v) is 8.20. The molecule has 0 bridgehead atoms. The van der Waals surface area contributed by atoms with E-state index in [1.54, 1.807) is 31.6 Å². The molecule has 0 radical (unpaired) electrons.